The molecule has 0 spiro atoms. The molecule has 0 radical (unpaired) electrons. The molecule has 16 heavy (non-hydrogen) atoms. The summed E-state index contributed by atoms with van der Waals surface area (Å²) >= 11 is 0. The first kappa shape index (κ1) is 13.5. The first-order chi connectivity index (χ1) is 7.69. The summed E-state index contributed by atoms with van der Waals surface area (Å²) in [6.45, 7) is 3.49. The quantitative estimate of drug-likeness (QED) is 0.545. The highest BCUT2D eigenvalue weighted by atomic mass is 15.3. The smallest absolute Gasteiger partial charge is 0.0373 e. The van der Waals surface area contributed by atoms with E-state index in [1.807, 2.05) is 0 Å². The summed E-state index contributed by atoms with van der Waals surface area (Å²) in [6.07, 6.45) is 8.48. The molecule has 1 saturated heterocycles. The van der Waals surface area contributed by atoms with Gasteiger partial charge in [-0.3, -0.25) is 4.90 Å². The maximum Gasteiger partial charge on any atom is 0.0373 e. The molecular formula is C13H25N3. The van der Waals surface area contributed by atoms with Gasteiger partial charge in [-0.25, -0.2) is 0 Å². The Morgan fingerprint density at radius 2 is 2.19 bits per heavy atom. The maximum absolute atomic E-state index is 5.29. The van der Waals surface area contributed by atoms with Crippen LogP contribution >= 0.6 is 0 Å². The van der Waals surface area contributed by atoms with Gasteiger partial charge in [0.2, 0.25) is 0 Å². The molecule has 1 aliphatic heterocycles. The molecule has 0 saturated carbocycles. The van der Waals surface area contributed by atoms with E-state index in [4.69, 9.17) is 6.42 Å². The lowest BCUT2D eigenvalue weighted by Gasteiger charge is -2.42. The first-order valence-electron chi connectivity index (χ1n) is 6.18. The van der Waals surface area contributed by atoms with Gasteiger partial charge in [-0.1, -0.05) is 0 Å². The van der Waals surface area contributed by atoms with Crippen LogP contribution in [0.15, 0.2) is 0 Å². The second-order valence-electron chi connectivity index (χ2n) is 4.80. The molecule has 3 nitrogen and oxygen atoms in total. The summed E-state index contributed by atoms with van der Waals surface area (Å²) in [7, 11) is 6.49. The number of rotatable bonds is 5. The number of unbranched alkanes of at least 4 members (excludes halogenated alkanes) is 1. The van der Waals surface area contributed by atoms with Crippen molar-refractivity contribution >= 4 is 0 Å². The van der Waals surface area contributed by atoms with Crippen LogP contribution in [-0.2, 0) is 0 Å². The fourth-order valence-corrected chi connectivity index (χ4v) is 2.43. The molecule has 0 amide bonds. The average molecular weight is 223 g/mol. The number of hydrogen-bond acceptors (Lipinski definition) is 3. The largest absolute Gasteiger partial charge is 0.315 e. The zero-order valence-corrected chi connectivity index (χ0v) is 10.9. The Bertz CT molecular complexity index is 234. The lowest BCUT2D eigenvalue weighted by atomic mass is 9.98. The van der Waals surface area contributed by atoms with Crippen LogP contribution in [0.25, 0.3) is 0 Å². The molecule has 0 aliphatic carbocycles. The minimum atomic E-state index is 0.557. The zero-order chi connectivity index (χ0) is 12.0. The molecule has 1 fully saturated rings. The Labute approximate surface area is 100 Å². The van der Waals surface area contributed by atoms with Crippen molar-refractivity contribution < 1.29 is 0 Å². The molecule has 1 rings (SSSR count). The number of terminal acetylenes is 1. The molecule has 1 aliphatic rings. The second kappa shape index (κ2) is 6.90. The predicted molar refractivity (Wildman–Crippen MR) is 69.4 cm³/mol. The second-order valence-corrected chi connectivity index (χ2v) is 4.80. The maximum atomic E-state index is 5.29. The molecule has 1 N–H and O–H groups in total. The number of nitrogens with zero attached hydrogens (tertiary/aromatic N) is 2. The monoisotopic (exact) mass is 223 g/mol. The third-order valence-electron chi connectivity index (χ3n) is 3.57. The fourth-order valence-electron chi connectivity index (χ4n) is 2.43. The molecule has 3 heteroatoms. The summed E-state index contributed by atoms with van der Waals surface area (Å²) in [5.41, 5.74) is 0. The van der Waals surface area contributed by atoms with Crippen molar-refractivity contribution in [3.63, 3.8) is 0 Å². The van der Waals surface area contributed by atoms with E-state index in [1.165, 1.54) is 13.0 Å². The molecule has 2 unspecified atom stereocenters. The minimum absolute atomic E-state index is 0.557. The van der Waals surface area contributed by atoms with Crippen LogP contribution in [0.5, 0.6) is 0 Å². The highest BCUT2D eigenvalue weighted by molar-refractivity contribution is 4.90. The Kier molecular flexibility index (Phi) is 5.83. The van der Waals surface area contributed by atoms with Gasteiger partial charge in [-0.05, 0) is 34.0 Å². The number of piperazine rings is 1. The van der Waals surface area contributed by atoms with Crippen LogP contribution in [0.2, 0.25) is 0 Å². The summed E-state index contributed by atoms with van der Waals surface area (Å²) in [5.74, 6) is 2.72. The van der Waals surface area contributed by atoms with Crippen LogP contribution in [0.1, 0.15) is 19.3 Å². The van der Waals surface area contributed by atoms with E-state index in [1.54, 1.807) is 0 Å². The van der Waals surface area contributed by atoms with Gasteiger partial charge in [0.25, 0.3) is 0 Å². The predicted octanol–water partition coefficient (Wildman–Crippen LogP) is 0.624. The number of hydrogen-bond donors (Lipinski definition) is 1. The van der Waals surface area contributed by atoms with E-state index in [0.29, 0.717) is 12.1 Å². The molecule has 0 aromatic carbocycles. The van der Waals surface area contributed by atoms with E-state index in [9.17, 15) is 0 Å². The van der Waals surface area contributed by atoms with Gasteiger partial charge in [0.05, 0.1) is 0 Å². The Hall–Kier alpha value is -0.560. The summed E-state index contributed by atoms with van der Waals surface area (Å²) in [4.78, 5) is 4.88. The van der Waals surface area contributed by atoms with Gasteiger partial charge in [0, 0.05) is 38.1 Å². The molecule has 0 bridgehead atoms. The van der Waals surface area contributed by atoms with Gasteiger partial charge in [-0.15, -0.1) is 12.3 Å². The zero-order valence-electron chi connectivity index (χ0n) is 10.9. The lowest BCUT2D eigenvalue weighted by Crippen LogP contribution is -2.58. The highest BCUT2D eigenvalue weighted by Gasteiger charge is 2.28. The van der Waals surface area contributed by atoms with Gasteiger partial charge >= 0.3 is 0 Å². The lowest BCUT2D eigenvalue weighted by molar-refractivity contribution is 0.0869. The van der Waals surface area contributed by atoms with Crippen molar-refractivity contribution in [1.29, 1.82) is 0 Å². The molecule has 92 valence electrons. The van der Waals surface area contributed by atoms with E-state index in [0.717, 1.165) is 25.9 Å². The Morgan fingerprint density at radius 1 is 1.44 bits per heavy atom. The van der Waals surface area contributed by atoms with Crippen molar-refractivity contribution in [1.82, 2.24) is 15.1 Å². The Balaban J connectivity index is 2.46. The van der Waals surface area contributed by atoms with Crippen LogP contribution in [0.3, 0.4) is 0 Å². The van der Waals surface area contributed by atoms with Crippen molar-refractivity contribution in [2.75, 3.05) is 40.8 Å². The van der Waals surface area contributed by atoms with E-state index < -0.39 is 0 Å². The van der Waals surface area contributed by atoms with Crippen LogP contribution < -0.4 is 5.32 Å². The fraction of sp³-hybridized carbons (Fsp3) is 0.846. The third-order valence-corrected chi connectivity index (χ3v) is 3.57. The van der Waals surface area contributed by atoms with E-state index >= 15 is 0 Å². The van der Waals surface area contributed by atoms with Crippen LogP contribution in [-0.4, -0.2) is 62.7 Å². The number of nitrogens with one attached hydrogen (secondary N) is 1. The SMILES string of the molecule is C#CCCCC(NC)C1CN(C)CCN1C. The van der Waals surface area contributed by atoms with Gasteiger partial charge in [-0.2, -0.15) is 0 Å². The highest BCUT2D eigenvalue weighted by Crippen LogP contribution is 2.14. The van der Waals surface area contributed by atoms with E-state index in [2.05, 4.69) is 42.2 Å². The van der Waals surface area contributed by atoms with Crippen LogP contribution in [0.4, 0.5) is 0 Å². The number of likely N-dealkylation sites (N-methyl/N-ethyl adjacent to an activating group) is 3. The van der Waals surface area contributed by atoms with Crippen molar-refractivity contribution in [3.05, 3.63) is 0 Å². The van der Waals surface area contributed by atoms with Crippen LogP contribution in [0, 0.1) is 12.3 Å². The Morgan fingerprint density at radius 3 is 2.81 bits per heavy atom. The topological polar surface area (TPSA) is 18.5 Å². The molecule has 0 aromatic rings. The van der Waals surface area contributed by atoms with Gasteiger partial charge in [0.1, 0.15) is 0 Å². The third kappa shape index (κ3) is 3.79. The average Bonchev–Trinajstić information content (AvgIpc) is 2.28. The standard InChI is InChI=1S/C13H25N3/c1-5-6-7-8-12(14-2)13-11-15(3)9-10-16(13)4/h1,12-14H,6-11H2,2-4H3. The van der Waals surface area contributed by atoms with Crippen molar-refractivity contribution in [2.45, 2.75) is 31.3 Å². The van der Waals surface area contributed by atoms with Gasteiger partial charge in [0.15, 0.2) is 0 Å². The van der Waals surface area contributed by atoms with Gasteiger partial charge < -0.3 is 10.2 Å². The summed E-state index contributed by atoms with van der Waals surface area (Å²) in [6, 6.07) is 1.17. The molecule has 2 atom stereocenters. The minimum Gasteiger partial charge on any atom is -0.315 e. The summed E-state index contributed by atoms with van der Waals surface area (Å²) < 4.78 is 0. The first-order valence-corrected chi connectivity index (χ1v) is 6.18. The van der Waals surface area contributed by atoms with E-state index in [-0.39, 0.29) is 0 Å². The molecular weight excluding hydrogens is 198 g/mol. The molecule has 1 heterocycles. The normalized spacial score (nSPS) is 25.2. The summed E-state index contributed by atoms with van der Waals surface area (Å²) in [5, 5.41) is 3.44. The molecule has 0 aromatic heterocycles. The van der Waals surface area contributed by atoms with Crippen molar-refractivity contribution in [2.24, 2.45) is 0 Å². The van der Waals surface area contributed by atoms with Crippen molar-refractivity contribution in [3.8, 4) is 12.3 Å².